The molecule has 1 aliphatic heterocycles. The third-order valence-electron chi connectivity index (χ3n) is 4.04. The van der Waals surface area contributed by atoms with Crippen molar-refractivity contribution in [3.63, 3.8) is 0 Å². The van der Waals surface area contributed by atoms with Crippen molar-refractivity contribution >= 4 is 22.9 Å². The number of nitrogens with zero attached hydrogens (tertiary/aromatic N) is 7. The minimum absolute atomic E-state index is 0.108. The van der Waals surface area contributed by atoms with E-state index in [2.05, 4.69) is 30.1 Å². The van der Waals surface area contributed by atoms with Crippen LogP contribution in [0.25, 0.3) is 11.2 Å². The van der Waals surface area contributed by atoms with E-state index in [1.165, 1.54) is 12.7 Å². The van der Waals surface area contributed by atoms with Gasteiger partial charge in [-0.3, -0.25) is 9.89 Å². The lowest BCUT2D eigenvalue weighted by atomic mass is 10.1. The van der Waals surface area contributed by atoms with Crippen molar-refractivity contribution < 1.29 is 4.79 Å². The van der Waals surface area contributed by atoms with Gasteiger partial charge in [0, 0.05) is 25.9 Å². The molecule has 3 aromatic heterocycles. The molecule has 0 radical (unpaired) electrons. The molecule has 1 amide bonds. The maximum absolute atomic E-state index is 12.1. The van der Waals surface area contributed by atoms with Crippen LogP contribution in [0, 0.1) is 0 Å². The van der Waals surface area contributed by atoms with Crippen LogP contribution in [0.4, 0.5) is 5.82 Å². The molecule has 4 rings (SSSR count). The number of aromatic nitrogens is 7. The smallest absolute Gasteiger partial charge is 0.223 e. The second-order valence-electron chi connectivity index (χ2n) is 5.47. The fourth-order valence-electron chi connectivity index (χ4n) is 2.71. The van der Waals surface area contributed by atoms with E-state index in [4.69, 9.17) is 5.73 Å². The van der Waals surface area contributed by atoms with Gasteiger partial charge in [0.05, 0.1) is 12.4 Å². The molecule has 1 fully saturated rings. The Morgan fingerprint density at radius 1 is 1.26 bits per heavy atom. The molecule has 118 valence electrons. The zero-order valence-electron chi connectivity index (χ0n) is 12.3. The summed E-state index contributed by atoms with van der Waals surface area (Å²) in [7, 11) is 0. The Kier molecular flexibility index (Phi) is 3.14. The fourth-order valence-corrected chi connectivity index (χ4v) is 2.71. The Morgan fingerprint density at radius 2 is 2.13 bits per heavy atom. The molecule has 3 aromatic rings. The lowest BCUT2D eigenvalue weighted by Gasteiger charge is -2.40. The Balaban J connectivity index is 1.39. The minimum atomic E-state index is 0.108. The van der Waals surface area contributed by atoms with Crippen LogP contribution in [-0.4, -0.2) is 58.6 Å². The highest BCUT2D eigenvalue weighted by Gasteiger charge is 2.32. The van der Waals surface area contributed by atoms with Crippen LogP contribution in [0.2, 0.25) is 0 Å². The number of hydrogen-bond acceptors (Lipinski definition) is 7. The molecule has 0 aromatic carbocycles. The number of aryl methyl sites for hydroxylation is 1. The van der Waals surface area contributed by atoms with Crippen molar-refractivity contribution in [2.24, 2.45) is 0 Å². The lowest BCUT2D eigenvalue weighted by molar-refractivity contribution is -0.136. The number of imidazole rings is 1. The number of aromatic amines is 1. The first kappa shape index (κ1) is 13.6. The van der Waals surface area contributed by atoms with E-state index in [1.807, 2.05) is 9.47 Å². The molecule has 0 unspecified atom stereocenters. The Labute approximate surface area is 130 Å². The average Bonchev–Trinajstić information content (AvgIpc) is 3.14. The molecule has 1 aliphatic rings. The van der Waals surface area contributed by atoms with Gasteiger partial charge in [-0.25, -0.2) is 19.9 Å². The van der Waals surface area contributed by atoms with Crippen molar-refractivity contribution in [1.82, 2.24) is 39.6 Å². The molecule has 10 nitrogen and oxygen atoms in total. The van der Waals surface area contributed by atoms with Crippen LogP contribution >= 0.6 is 0 Å². The molecule has 0 atom stereocenters. The van der Waals surface area contributed by atoms with Gasteiger partial charge in [-0.05, 0) is 0 Å². The van der Waals surface area contributed by atoms with Crippen molar-refractivity contribution in [2.75, 3.05) is 18.8 Å². The first-order valence-corrected chi connectivity index (χ1v) is 7.27. The number of nitrogens with one attached hydrogen (secondary N) is 1. The van der Waals surface area contributed by atoms with Crippen molar-refractivity contribution in [2.45, 2.75) is 18.9 Å². The molecular formula is C13H15N9O. The van der Waals surface area contributed by atoms with Crippen LogP contribution < -0.4 is 5.73 Å². The summed E-state index contributed by atoms with van der Waals surface area (Å²) >= 11 is 0. The number of amides is 1. The number of likely N-dealkylation sites (tertiary alicyclic amines) is 1. The molecule has 3 N–H and O–H groups in total. The summed E-state index contributed by atoms with van der Waals surface area (Å²) in [5.74, 6) is 1.20. The maximum atomic E-state index is 12.1. The molecular weight excluding hydrogens is 298 g/mol. The van der Waals surface area contributed by atoms with E-state index >= 15 is 0 Å². The fraction of sp³-hybridized carbons (Fsp3) is 0.385. The van der Waals surface area contributed by atoms with E-state index in [-0.39, 0.29) is 11.9 Å². The van der Waals surface area contributed by atoms with Gasteiger partial charge in [0.25, 0.3) is 0 Å². The average molecular weight is 313 g/mol. The Hall–Kier alpha value is -3.04. The van der Waals surface area contributed by atoms with Gasteiger partial charge in [0.1, 0.15) is 24.0 Å². The SMILES string of the molecule is Nc1ncnc2c1ncn2C1CN(C(=O)CCc2ncn[nH]2)C1. The highest BCUT2D eigenvalue weighted by molar-refractivity contribution is 5.81. The zero-order valence-corrected chi connectivity index (χ0v) is 12.3. The molecule has 0 saturated carbocycles. The van der Waals surface area contributed by atoms with E-state index in [1.54, 1.807) is 6.33 Å². The Bertz CT molecular complexity index is 834. The van der Waals surface area contributed by atoms with Gasteiger partial charge in [0.15, 0.2) is 11.5 Å². The van der Waals surface area contributed by atoms with Crippen LogP contribution in [0.3, 0.4) is 0 Å². The number of hydrogen-bond donors (Lipinski definition) is 2. The topological polar surface area (TPSA) is 132 Å². The number of carbonyl (C=O) groups is 1. The second kappa shape index (κ2) is 5.30. The number of anilines is 1. The predicted octanol–water partition coefficient (Wildman–Crippen LogP) is -0.457. The number of nitrogen functional groups attached to an aromatic ring is 1. The van der Waals surface area contributed by atoms with Gasteiger partial charge >= 0.3 is 0 Å². The zero-order chi connectivity index (χ0) is 15.8. The van der Waals surface area contributed by atoms with E-state index < -0.39 is 0 Å². The van der Waals surface area contributed by atoms with Gasteiger partial charge in [-0.1, -0.05) is 0 Å². The predicted molar refractivity (Wildman–Crippen MR) is 80.1 cm³/mol. The number of carbonyl (C=O) groups excluding carboxylic acids is 1. The third-order valence-corrected chi connectivity index (χ3v) is 4.04. The van der Waals surface area contributed by atoms with Crippen LogP contribution in [0.15, 0.2) is 19.0 Å². The highest BCUT2D eigenvalue weighted by Crippen LogP contribution is 2.26. The summed E-state index contributed by atoms with van der Waals surface area (Å²) in [6.45, 7) is 1.29. The number of nitrogens with two attached hydrogens (primary N) is 1. The molecule has 0 aliphatic carbocycles. The van der Waals surface area contributed by atoms with Gasteiger partial charge in [-0.15, -0.1) is 0 Å². The second-order valence-corrected chi connectivity index (χ2v) is 5.47. The quantitative estimate of drug-likeness (QED) is 0.666. The number of fused-ring (bicyclic) bond motifs is 1. The van der Waals surface area contributed by atoms with Gasteiger partial charge < -0.3 is 15.2 Å². The normalized spacial score (nSPS) is 15.0. The van der Waals surface area contributed by atoms with E-state index in [0.717, 1.165) is 5.82 Å². The van der Waals surface area contributed by atoms with E-state index in [9.17, 15) is 4.79 Å². The van der Waals surface area contributed by atoms with Crippen molar-refractivity contribution in [3.05, 3.63) is 24.8 Å². The van der Waals surface area contributed by atoms with E-state index in [0.29, 0.717) is 42.9 Å². The first-order chi connectivity index (χ1) is 11.2. The van der Waals surface area contributed by atoms with Crippen LogP contribution in [0.1, 0.15) is 18.3 Å². The third kappa shape index (κ3) is 2.37. The molecule has 0 spiro atoms. The summed E-state index contributed by atoms with van der Waals surface area (Å²) in [6.07, 6.45) is 5.56. The van der Waals surface area contributed by atoms with Crippen LogP contribution in [-0.2, 0) is 11.2 Å². The monoisotopic (exact) mass is 313 g/mol. The first-order valence-electron chi connectivity index (χ1n) is 7.27. The standard InChI is InChI=1S/C13H15N9O/c14-12-11-13(17-5-16-12)22(7-18-11)8-3-21(4-8)10(23)2-1-9-15-6-19-20-9/h5-8H,1-4H2,(H2,14,16,17)(H,15,19,20). The summed E-state index contributed by atoms with van der Waals surface area (Å²) in [4.78, 5) is 30.4. The number of rotatable bonds is 4. The number of H-pyrrole nitrogens is 1. The molecule has 1 saturated heterocycles. The summed E-state index contributed by atoms with van der Waals surface area (Å²) in [5.41, 5.74) is 7.09. The molecule has 4 heterocycles. The summed E-state index contributed by atoms with van der Waals surface area (Å²) in [6, 6.07) is 0.170. The Morgan fingerprint density at radius 3 is 2.91 bits per heavy atom. The summed E-state index contributed by atoms with van der Waals surface area (Å²) < 4.78 is 1.95. The van der Waals surface area contributed by atoms with Gasteiger partial charge in [0.2, 0.25) is 5.91 Å². The van der Waals surface area contributed by atoms with Crippen molar-refractivity contribution in [3.8, 4) is 0 Å². The summed E-state index contributed by atoms with van der Waals surface area (Å²) in [5, 5.41) is 6.52. The van der Waals surface area contributed by atoms with Crippen LogP contribution in [0.5, 0.6) is 0 Å². The molecule has 0 bridgehead atoms. The van der Waals surface area contributed by atoms with Gasteiger partial charge in [-0.2, -0.15) is 5.10 Å². The highest BCUT2D eigenvalue weighted by atomic mass is 16.2. The minimum Gasteiger partial charge on any atom is -0.382 e. The maximum Gasteiger partial charge on any atom is 0.223 e. The molecule has 10 heteroatoms. The largest absolute Gasteiger partial charge is 0.382 e. The lowest BCUT2D eigenvalue weighted by Crippen LogP contribution is -2.50. The van der Waals surface area contributed by atoms with Crippen molar-refractivity contribution in [1.29, 1.82) is 0 Å². The molecule has 23 heavy (non-hydrogen) atoms.